The summed E-state index contributed by atoms with van der Waals surface area (Å²) in [6.45, 7) is 2.45. The highest BCUT2D eigenvalue weighted by atomic mass is 32.1. The Hall–Kier alpha value is -1.55. The molecule has 0 saturated heterocycles. The Balaban J connectivity index is 2.13. The molecule has 16 heavy (non-hydrogen) atoms. The highest BCUT2D eigenvalue weighted by Gasteiger charge is 2.17. The Kier molecular flexibility index (Phi) is 3.10. The molecule has 0 radical (unpaired) electrons. The number of hydrogen-bond donors (Lipinski definition) is 1. The average Bonchev–Trinajstić information content (AvgIpc) is 2.25. The maximum absolute atomic E-state index is 11.5. The van der Waals surface area contributed by atoms with Crippen molar-refractivity contribution in [3.05, 3.63) is 35.4 Å². The van der Waals surface area contributed by atoms with Crippen LogP contribution in [0.2, 0.25) is 0 Å². The lowest BCUT2D eigenvalue weighted by molar-refractivity contribution is -0.113. The summed E-state index contributed by atoms with van der Waals surface area (Å²) in [5, 5.41) is 2.62. The van der Waals surface area contributed by atoms with Crippen LogP contribution in [0.1, 0.15) is 11.1 Å². The van der Waals surface area contributed by atoms with E-state index >= 15 is 0 Å². The number of aryl methyl sites for hydroxylation is 1. The van der Waals surface area contributed by atoms with Gasteiger partial charge in [0.1, 0.15) is 10.7 Å². The molecule has 1 amide bonds. The van der Waals surface area contributed by atoms with Crippen molar-refractivity contribution in [3.63, 3.8) is 0 Å². The van der Waals surface area contributed by atoms with Crippen LogP contribution in [-0.4, -0.2) is 23.2 Å². The van der Waals surface area contributed by atoms with Gasteiger partial charge in [-0.2, -0.15) is 0 Å². The predicted octanol–water partition coefficient (Wildman–Crippen LogP) is 1.44. The number of carbonyl (C=O) groups is 1. The minimum absolute atomic E-state index is 0.170. The van der Waals surface area contributed by atoms with E-state index in [0.29, 0.717) is 23.7 Å². The van der Waals surface area contributed by atoms with Crippen LogP contribution in [0.5, 0.6) is 0 Å². The minimum Gasteiger partial charge on any atom is -0.314 e. The molecule has 1 aromatic rings. The number of rotatable bonds is 2. The summed E-state index contributed by atoms with van der Waals surface area (Å²) in [4.78, 5) is 16.2. The Bertz CT molecular complexity index is 462. The van der Waals surface area contributed by atoms with Crippen LogP contribution in [0.25, 0.3) is 0 Å². The molecule has 0 bridgehead atoms. The fourth-order valence-electron chi connectivity index (χ4n) is 1.51. The number of thiocarbonyl (C=S) groups is 1. The number of carbonyl (C=O) groups excluding carboxylic acids is 1. The molecule has 0 atom stereocenters. The first-order chi connectivity index (χ1) is 7.65. The molecule has 0 spiro atoms. The van der Waals surface area contributed by atoms with E-state index in [2.05, 4.69) is 10.3 Å². The van der Waals surface area contributed by atoms with Crippen LogP contribution in [0.15, 0.2) is 29.3 Å². The normalized spacial score (nSPS) is 15.7. The molecule has 0 saturated carbocycles. The summed E-state index contributed by atoms with van der Waals surface area (Å²) >= 11 is 4.88. The van der Waals surface area contributed by atoms with Crippen molar-refractivity contribution in [1.82, 2.24) is 5.32 Å². The molecular formula is C12H12N2OS. The molecule has 1 aromatic carbocycles. The van der Waals surface area contributed by atoms with E-state index in [-0.39, 0.29) is 5.91 Å². The first-order valence-corrected chi connectivity index (χ1v) is 5.49. The van der Waals surface area contributed by atoms with Crippen LogP contribution in [-0.2, 0) is 11.2 Å². The molecular weight excluding hydrogens is 220 g/mol. The van der Waals surface area contributed by atoms with Gasteiger partial charge in [-0.1, -0.05) is 42.0 Å². The van der Waals surface area contributed by atoms with E-state index in [1.807, 2.05) is 31.2 Å². The zero-order valence-corrected chi connectivity index (χ0v) is 9.80. The molecule has 3 nitrogen and oxygen atoms in total. The van der Waals surface area contributed by atoms with Crippen LogP contribution in [0.4, 0.5) is 0 Å². The van der Waals surface area contributed by atoms with Gasteiger partial charge in [-0.05, 0) is 12.5 Å². The smallest absolute Gasteiger partial charge is 0.270 e. The summed E-state index contributed by atoms with van der Waals surface area (Å²) in [6.07, 6.45) is 0.564. The molecule has 2 rings (SSSR count). The van der Waals surface area contributed by atoms with Crippen LogP contribution >= 0.6 is 12.2 Å². The van der Waals surface area contributed by atoms with Crippen molar-refractivity contribution < 1.29 is 4.79 Å². The molecule has 1 aliphatic heterocycles. The fourth-order valence-corrected chi connectivity index (χ4v) is 1.67. The molecule has 0 aliphatic carbocycles. The zero-order chi connectivity index (χ0) is 11.5. The second-order valence-corrected chi connectivity index (χ2v) is 4.30. The SMILES string of the molecule is Cc1ccc(CC2=NCC(=S)NC2=O)cc1. The number of amides is 1. The standard InChI is InChI=1S/C12H12N2OS/c1-8-2-4-9(5-3-8)6-10-12(15)14-11(16)7-13-10/h2-5H,6-7H2,1H3,(H,14,15,16). The lowest BCUT2D eigenvalue weighted by Gasteiger charge is -2.13. The number of nitrogens with one attached hydrogen (secondary N) is 1. The monoisotopic (exact) mass is 232 g/mol. The quantitative estimate of drug-likeness (QED) is 0.784. The van der Waals surface area contributed by atoms with Gasteiger partial charge in [0.05, 0.1) is 6.54 Å². The van der Waals surface area contributed by atoms with Gasteiger partial charge >= 0.3 is 0 Å². The van der Waals surface area contributed by atoms with Crippen LogP contribution in [0, 0.1) is 6.92 Å². The highest BCUT2D eigenvalue weighted by molar-refractivity contribution is 7.80. The summed E-state index contributed by atoms with van der Waals surface area (Å²) in [7, 11) is 0. The van der Waals surface area contributed by atoms with Crippen LogP contribution in [0.3, 0.4) is 0 Å². The first kappa shape index (κ1) is 11.0. The van der Waals surface area contributed by atoms with Crippen molar-refractivity contribution in [2.24, 2.45) is 4.99 Å². The maximum Gasteiger partial charge on any atom is 0.270 e. The summed E-state index contributed by atoms with van der Waals surface area (Å²) in [5.74, 6) is -0.170. The van der Waals surface area contributed by atoms with E-state index in [1.165, 1.54) is 5.56 Å². The van der Waals surface area contributed by atoms with Gasteiger partial charge < -0.3 is 5.32 Å². The van der Waals surface area contributed by atoms with Crippen molar-refractivity contribution in [2.75, 3.05) is 6.54 Å². The molecule has 1 aliphatic rings. The van der Waals surface area contributed by atoms with E-state index in [9.17, 15) is 4.79 Å². The van der Waals surface area contributed by atoms with E-state index < -0.39 is 0 Å². The second-order valence-electron chi connectivity index (χ2n) is 3.80. The largest absolute Gasteiger partial charge is 0.314 e. The number of aliphatic imine (C=N–C) groups is 1. The van der Waals surface area contributed by atoms with Crippen molar-refractivity contribution in [1.29, 1.82) is 0 Å². The van der Waals surface area contributed by atoms with E-state index in [4.69, 9.17) is 12.2 Å². The minimum atomic E-state index is -0.170. The van der Waals surface area contributed by atoms with Crippen molar-refractivity contribution in [2.45, 2.75) is 13.3 Å². The molecule has 82 valence electrons. The Morgan fingerprint density at radius 1 is 1.38 bits per heavy atom. The van der Waals surface area contributed by atoms with Crippen molar-refractivity contribution in [3.8, 4) is 0 Å². The van der Waals surface area contributed by atoms with Gasteiger partial charge in [-0.15, -0.1) is 0 Å². The second kappa shape index (κ2) is 4.53. The van der Waals surface area contributed by atoms with Gasteiger partial charge in [0.25, 0.3) is 5.91 Å². The topological polar surface area (TPSA) is 41.5 Å². The summed E-state index contributed by atoms with van der Waals surface area (Å²) in [5.41, 5.74) is 2.85. The Morgan fingerprint density at radius 3 is 2.69 bits per heavy atom. The van der Waals surface area contributed by atoms with Gasteiger partial charge in [-0.3, -0.25) is 9.79 Å². The maximum atomic E-state index is 11.5. The molecule has 1 heterocycles. The predicted molar refractivity (Wildman–Crippen MR) is 67.9 cm³/mol. The number of benzene rings is 1. The first-order valence-electron chi connectivity index (χ1n) is 5.08. The van der Waals surface area contributed by atoms with Gasteiger partial charge in [-0.25, -0.2) is 0 Å². The van der Waals surface area contributed by atoms with Gasteiger partial charge in [0.15, 0.2) is 0 Å². The third kappa shape index (κ3) is 2.52. The number of nitrogens with zero attached hydrogens (tertiary/aromatic N) is 1. The van der Waals surface area contributed by atoms with Gasteiger partial charge in [0, 0.05) is 6.42 Å². The molecule has 0 aromatic heterocycles. The van der Waals surface area contributed by atoms with Crippen molar-refractivity contribution >= 4 is 28.8 Å². The van der Waals surface area contributed by atoms with Crippen LogP contribution < -0.4 is 5.32 Å². The molecule has 1 N–H and O–H groups in total. The van der Waals surface area contributed by atoms with E-state index in [0.717, 1.165) is 5.56 Å². The molecule has 0 fully saturated rings. The van der Waals surface area contributed by atoms with E-state index in [1.54, 1.807) is 0 Å². The molecule has 0 unspecified atom stereocenters. The van der Waals surface area contributed by atoms with Gasteiger partial charge in [0.2, 0.25) is 0 Å². The number of hydrogen-bond acceptors (Lipinski definition) is 3. The summed E-state index contributed by atoms with van der Waals surface area (Å²) < 4.78 is 0. The third-order valence-corrected chi connectivity index (χ3v) is 2.65. The lowest BCUT2D eigenvalue weighted by Crippen LogP contribution is -2.41. The Labute approximate surface area is 99.6 Å². The Morgan fingerprint density at radius 2 is 2.06 bits per heavy atom. The summed E-state index contributed by atoms with van der Waals surface area (Å²) in [6, 6.07) is 8.08. The zero-order valence-electron chi connectivity index (χ0n) is 8.99. The molecule has 4 heteroatoms. The average molecular weight is 232 g/mol. The lowest BCUT2D eigenvalue weighted by atomic mass is 10.1. The highest BCUT2D eigenvalue weighted by Crippen LogP contribution is 2.06. The fraction of sp³-hybridized carbons (Fsp3) is 0.250. The third-order valence-electron chi connectivity index (χ3n) is 2.42.